The molecule has 2 unspecified atom stereocenters. The Labute approximate surface area is 623 Å². The summed E-state index contributed by atoms with van der Waals surface area (Å²) < 4.78 is 49.7. The molecule has 570 valence electrons. The van der Waals surface area contributed by atoms with Gasteiger partial charge in [-0.2, -0.15) is 13.5 Å². The van der Waals surface area contributed by atoms with Crippen LogP contribution in [0.4, 0.5) is 26.2 Å². The SMILES string of the molecule is Cc1c(-c2ccc(N3CCc4cccc(C(=O)Nc5nc6ccccc6s5)c4C3)nc2C(=O)O)cnn1CC12CC3(C)CC(C)(C1)CC(OCCN(CCS(=O)(=O)O)C(=O)OCc1ccc(NC(=O)[C@H](CCCNC(N)=O)NC(=O)[C@@H](NC(=O)CCCCCNC(=O)CN4C(=O)C=CC4=O)C(C)C)cc1)(C3)C2. The quantitative estimate of drug-likeness (QED) is 0.0106. The lowest BCUT2D eigenvalue weighted by atomic mass is 9.39. The zero-order chi connectivity index (χ0) is 76.6. The molecule has 32 heteroatoms. The van der Waals surface area contributed by atoms with Gasteiger partial charge in [-0.25, -0.2) is 24.4 Å². The van der Waals surface area contributed by atoms with Crippen molar-refractivity contribution in [3.8, 4) is 11.1 Å². The number of nitrogens with two attached hydrogens (primary N) is 1. The van der Waals surface area contributed by atoms with E-state index in [1.54, 1.807) is 56.4 Å². The zero-order valence-electron chi connectivity index (χ0n) is 60.6. The van der Waals surface area contributed by atoms with Gasteiger partial charge in [0.25, 0.3) is 27.8 Å². The van der Waals surface area contributed by atoms with Crippen LogP contribution < -0.4 is 42.5 Å². The second-order valence-electron chi connectivity index (χ2n) is 30.0. The highest BCUT2D eigenvalue weighted by Crippen LogP contribution is 2.72. The van der Waals surface area contributed by atoms with E-state index in [9.17, 15) is 66.0 Å². The number of amides is 10. The molecule has 4 aliphatic carbocycles. The Morgan fingerprint density at radius 1 is 0.776 bits per heavy atom. The molecule has 0 spiro atoms. The largest absolute Gasteiger partial charge is 0.476 e. The number of carbonyl (C=O) groups excluding carboxylic acids is 9. The number of urea groups is 1. The molecule has 12 rings (SSSR count). The number of fused-ring (bicyclic) bond motifs is 2. The number of hydrogen-bond donors (Lipinski definition) is 9. The number of benzene rings is 3. The molecule has 0 saturated heterocycles. The van der Waals surface area contributed by atoms with E-state index in [2.05, 4.69) is 50.7 Å². The van der Waals surface area contributed by atoms with E-state index < -0.39 is 106 Å². The average Bonchev–Trinajstić information content (AvgIpc) is 0.912. The first kappa shape index (κ1) is 77.9. The van der Waals surface area contributed by atoms with Gasteiger partial charge < -0.3 is 56.7 Å². The fourth-order valence-electron chi connectivity index (χ4n) is 16.9. The molecule has 10 N–H and O–H groups in total. The molecule has 4 atom stereocenters. The number of anilines is 3. The molecular weight excluding hydrogens is 1420 g/mol. The minimum Gasteiger partial charge on any atom is -0.476 e. The smallest absolute Gasteiger partial charge is 0.410 e. The number of thiazole rings is 1. The maximum atomic E-state index is 13.9. The Bertz CT molecular complexity index is 4490. The highest BCUT2D eigenvalue weighted by Gasteiger charge is 2.66. The van der Waals surface area contributed by atoms with E-state index in [4.69, 9.17) is 25.3 Å². The number of rotatable bonds is 34. The summed E-state index contributed by atoms with van der Waals surface area (Å²) in [5.74, 6) is -5.47. The first-order valence-corrected chi connectivity index (χ1v) is 38.4. The van der Waals surface area contributed by atoms with Crippen molar-refractivity contribution in [1.82, 2.24) is 50.8 Å². The molecule has 6 aliphatic rings. The summed E-state index contributed by atoms with van der Waals surface area (Å²) in [6.45, 7) is 10.6. The molecule has 0 radical (unpaired) electrons. The first-order chi connectivity index (χ1) is 50.9. The van der Waals surface area contributed by atoms with E-state index in [0.29, 0.717) is 90.6 Å². The number of pyridine rings is 1. The third kappa shape index (κ3) is 19.5. The third-order valence-corrected chi connectivity index (χ3v) is 22.3. The molecule has 3 aromatic carbocycles. The molecule has 10 amide bonds. The molecule has 6 aromatic rings. The lowest BCUT2D eigenvalue weighted by molar-refractivity contribution is -0.248. The van der Waals surface area contributed by atoms with Gasteiger partial charge in [0.15, 0.2) is 10.8 Å². The summed E-state index contributed by atoms with van der Waals surface area (Å²) in [6.07, 6.45) is 10.4. The van der Waals surface area contributed by atoms with Crippen LogP contribution in [0.5, 0.6) is 0 Å². The molecule has 3 aromatic heterocycles. The van der Waals surface area contributed by atoms with Gasteiger partial charge in [0.1, 0.15) is 31.1 Å². The summed E-state index contributed by atoms with van der Waals surface area (Å²) in [7, 11) is -4.52. The molecule has 4 fully saturated rings. The summed E-state index contributed by atoms with van der Waals surface area (Å²) in [6, 6.07) is 20.3. The van der Waals surface area contributed by atoms with Crippen LogP contribution in [0.15, 0.2) is 97.2 Å². The van der Waals surface area contributed by atoms with E-state index in [-0.39, 0.29) is 80.0 Å². The Morgan fingerprint density at radius 2 is 1.50 bits per heavy atom. The molecule has 107 heavy (non-hydrogen) atoms. The highest BCUT2D eigenvalue weighted by atomic mass is 32.2. The minimum absolute atomic E-state index is 0.0206. The van der Waals surface area contributed by atoms with Crippen molar-refractivity contribution in [1.29, 1.82) is 0 Å². The molecular formula is C75H92N14O16S2. The molecule has 4 saturated carbocycles. The van der Waals surface area contributed by atoms with E-state index in [0.717, 1.165) is 76.2 Å². The van der Waals surface area contributed by atoms with Crippen LogP contribution in [0.25, 0.3) is 21.3 Å². The second kappa shape index (κ2) is 32.9. The van der Waals surface area contributed by atoms with Gasteiger partial charge >= 0.3 is 18.1 Å². The van der Waals surface area contributed by atoms with Crippen molar-refractivity contribution in [3.63, 3.8) is 0 Å². The van der Waals surface area contributed by atoms with Crippen molar-refractivity contribution < 1.29 is 75.5 Å². The van der Waals surface area contributed by atoms with Crippen molar-refractivity contribution in [3.05, 3.63) is 131 Å². The Hall–Kier alpha value is -10.2. The van der Waals surface area contributed by atoms with Gasteiger partial charge in [0.05, 0.1) is 34.4 Å². The predicted octanol–water partition coefficient (Wildman–Crippen LogP) is 7.65. The number of carboxylic acid groups (broad SMARTS) is 1. The number of para-hydroxylation sites is 1. The number of aromatic carboxylic acids is 1. The number of aromatic nitrogens is 4. The normalized spacial score (nSPS) is 20.5. The number of nitrogens with one attached hydrogen (secondary N) is 6. The number of nitrogens with zero attached hydrogens (tertiary/aromatic N) is 7. The van der Waals surface area contributed by atoms with Crippen molar-refractivity contribution in [2.24, 2.45) is 27.9 Å². The Morgan fingerprint density at radius 3 is 2.21 bits per heavy atom. The van der Waals surface area contributed by atoms with Gasteiger partial charge in [-0.1, -0.05) is 81.9 Å². The second-order valence-corrected chi connectivity index (χ2v) is 32.6. The summed E-state index contributed by atoms with van der Waals surface area (Å²) in [5.41, 5.74) is 9.75. The Kier molecular flexibility index (Phi) is 24.0. The summed E-state index contributed by atoms with van der Waals surface area (Å²) in [5, 5.41) is 32.6. The first-order valence-electron chi connectivity index (χ1n) is 36.0. The standard InChI is InChI=1S/C75H92N14O16S2/c1-46(2)63(84-59(90)18-7-6-10-28-77-60(91)37-88-61(92)25-26-62(88)93)67(96)81-56(16-12-29-78-69(76)99)66(95)80-50-21-19-48(20-22-50)38-104-71(100)86(32-34-107(101,102)103)31-33-105-75-42-72(4)39-73(5,43-75)41-74(40-72,44-75)45-89-47(3)53(35-79-89)51-23-24-58(83-64(51)68(97)98)87-30-27-49-13-11-14-52(54(49)36-87)65(94)85-70-82-55-15-8-9-17-57(55)106-70/h8-9,11,13-15,17,19-26,35,46,56,63H,6-7,10,12,16,18,27-34,36-45H2,1-5H3,(H,77,91)(H,80,95)(H,81,96)(H,84,90)(H,97,98)(H3,76,78,99)(H,82,85,94)(H,101,102,103)/t56-,63-,72?,73?,74?,75?/m0/s1. The molecule has 4 bridgehead atoms. The lowest BCUT2D eigenvalue weighted by Gasteiger charge is -2.69. The number of ether oxygens (including phenoxy) is 2. The summed E-state index contributed by atoms with van der Waals surface area (Å²) in [4.78, 5) is 142. The van der Waals surface area contributed by atoms with Crippen LogP contribution in [0.3, 0.4) is 0 Å². The zero-order valence-corrected chi connectivity index (χ0v) is 62.2. The van der Waals surface area contributed by atoms with Gasteiger partial charge in [-0.15, -0.1) is 0 Å². The monoisotopic (exact) mass is 1510 g/mol. The maximum Gasteiger partial charge on any atom is 0.410 e. The van der Waals surface area contributed by atoms with Gasteiger partial charge in [-0.05, 0) is 159 Å². The van der Waals surface area contributed by atoms with Crippen LogP contribution >= 0.6 is 11.3 Å². The molecule has 30 nitrogen and oxygen atoms in total. The third-order valence-electron chi connectivity index (χ3n) is 20.7. The topological polar surface area (TPSA) is 415 Å². The van der Waals surface area contributed by atoms with Gasteiger partial charge in [0.2, 0.25) is 23.6 Å². The van der Waals surface area contributed by atoms with Crippen LogP contribution in [-0.2, 0) is 74.5 Å². The van der Waals surface area contributed by atoms with Gasteiger partial charge in [0, 0.05) is 92.5 Å². The number of carbonyl (C=O) groups is 10. The van der Waals surface area contributed by atoms with Crippen molar-refractivity contribution in [2.45, 2.75) is 155 Å². The summed E-state index contributed by atoms with van der Waals surface area (Å²) >= 11 is 1.40. The fraction of sp³-hybridized carbons (Fsp3) is 0.480. The van der Waals surface area contributed by atoms with Crippen LogP contribution in [-0.4, -0.2) is 176 Å². The average molecular weight is 1510 g/mol. The lowest BCUT2D eigenvalue weighted by Crippen LogP contribution is -2.64. The molecule has 5 heterocycles. The van der Waals surface area contributed by atoms with Gasteiger partial charge in [-0.3, -0.25) is 53.0 Å². The molecule has 2 aliphatic heterocycles. The number of imide groups is 1. The predicted molar refractivity (Wildman–Crippen MR) is 397 cm³/mol. The van der Waals surface area contributed by atoms with E-state index >= 15 is 0 Å². The van der Waals surface area contributed by atoms with Crippen LogP contribution in [0.1, 0.15) is 148 Å². The maximum absolute atomic E-state index is 13.9. The van der Waals surface area contributed by atoms with Crippen LogP contribution in [0.2, 0.25) is 0 Å². The number of primary amides is 1. The minimum atomic E-state index is -4.52. The Balaban J connectivity index is 0.682. The van der Waals surface area contributed by atoms with Crippen molar-refractivity contribution in [2.75, 3.05) is 67.2 Å². The number of hydrogen-bond acceptors (Lipinski definition) is 19. The number of unbranched alkanes of at least 4 members (excludes halogenated alkanes) is 2. The van der Waals surface area contributed by atoms with Crippen molar-refractivity contribution >= 4 is 108 Å². The highest BCUT2D eigenvalue weighted by molar-refractivity contribution is 7.85. The number of carboxylic acids is 1. The van der Waals surface area contributed by atoms with Crippen LogP contribution in [0, 0.1) is 29.1 Å². The van der Waals surface area contributed by atoms with E-state index in [1.165, 1.54) is 16.2 Å². The fourth-order valence-corrected chi connectivity index (χ4v) is 18.2. The van der Waals surface area contributed by atoms with E-state index in [1.807, 2.05) is 59.0 Å².